The molecule has 0 spiro atoms. The Labute approximate surface area is 202 Å². The van der Waals surface area contributed by atoms with Gasteiger partial charge in [0, 0.05) is 19.0 Å². The van der Waals surface area contributed by atoms with Crippen LogP contribution in [0.15, 0.2) is 78.9 Å². The minimum absolute atomic E-state index is 0.0361. The molecule has 3 aromatic rings. The molecule has 2 N–H and O–H groups in total. The molecule has 6 nitrogen and oxygen atoms in total. The van der Waals surface area contributed by atoms with Crippen molar-refractivity contribution in [3.63, 3.8) is 0 Å². The van der Waals surface area contributed by atoms with Gasteiger partial charge in [-0.05, 0) is 36.1 Å². The van der Waals surface area contributed by atoms with Crippen LogP contribution in [0.1, 0.15) is 40.4 Å². The molecule has 0 aliphatic rings. The van der Waals surface area contributed by atoms with Crippen LogP contribution in [0.25, 0.3) is 0 Å². The van der Waals surface area contributed by atoms with E-state index in [0.717, 1.165) is 23.3 Å². The van der Waals surface area contributed by atoms with Gasteiger partial charge in [0.05, 0.1) is 11.6 Å². The molecule has 35 heavy (non-hydrogen) atoms. The van der Waals surface area contributed by atoms with Gasteiger partial charge < -0.3 is 15.4 Å². The quantitative estimate of drug-likeness (QED) is 0.320. The summed E-state index contributed by atoms with van der Waals surface area (Å²) in [5.41, 5.74) is 1.71. The van der Waals surface area contributed by atoms with Gasteiger partial charge in [0.1, 0.15) is 11.6 Å². The number of benzene rings is 3. The van der Waals surface area contributed by atoms with Gasteiger partial charge in [-0.25, -0.2) is 8.78 Å². The molecule has 0 bridgehead atoms. The molecule has 8 heteroatoms. The van der Waals surface area contributed by atoms with E-state index < -0.39 is 36.0 Å². The molecular formula is C27H26F2N2O4. The van der Waals surface area contributed by atoms with E-state index in [0.29, 0.717) is 12.5 Å². The van der Waals surface area contributed by atoms with E-state index in [9.17, 15) is 23.2 Å². The van der Waals surface area contributed by atoms with E-state index in [1.807, 2.05) is 60.7 Å². The highest BCUT2D eigenvalue weighted by molar-refractivity contribution is 5.94. The van der Waals surface area contributed by atoms with E-state index in [-0.39, 0.29) is 31.0 Å². The fourth-order valence-corrected chi connectivity index (χ4v) is 3.45. The topological polar surface area (TPSA) is 84.5 Å². The van der Waals surface area contributed by atoms with Crippen molar-refractivity contribution in [2.45, 2.75) is 25.3 Å². The molecule has 2 amide bonds. The first-order chi connectivity index (χ1) is 16.9. The van der Waals surface area contributed by atoms with Gasteiger partial charge >= 0.3 is 5.97 Å². The van der Waals surface area contributed by atoms with Crippen molar-refractivity contribution in [1.29, 1.82) is 0 Å². The molecule has 182 valence electrons. The van der Waals surface area contributed by atoms with Gasteiger partial charge in [-0.2, -0.15) is 0 Å². The van der Waals surface area contributed by atoms with Crippen LogP contribution in [0.3, 0.4) is 0 Å². The molecule has 0 aliphatic heterocycles. The molecule has 0 saturated carbocycles. The van der Waals surface area contributed by atoms with E-state index in [1.54, 1.807) is 0 Å². The highest BCUT2D eigenvalue weighted by atomic mass is 19.1. The van der Waals surface area contributed by atoms with Crippen LogP contribution in [0.4, 0.5) is 8.78 Å². The molecule has 1 atom stereocenters. The molecule has 0 aromatic heterocycles. The third-order valence-electron chi connectivity index (χ3n) is 5.20. The van der Waals surface area contributed by atoms with E-state index in [1.165, 1.54) is 0 Å². The highest BCUT2D eigenvalue weighted by Gasteiger charge is 2.17. The van der Waals surface area contributed by atoms with Gasteiger partial charge in [-0.3, -0.25) is 14.4 Å². The Morgan fingerprint density at radius 1 is 0.886 bits per heavy atom. The summed E-state index contributed by atoms with van der Waals surface area (Å²) < 4.78 is 31.6. The zero-order chi connectivity index (χ0) is 25.0. The van der Waals surface area contributed by atoms with Crippen LogP contribution in [-0.2, 0) is 20.7 Å². The molecular weight excluding hydrogens is 454 g/mol. The van der Waals surface area contributed by atoms with E-state index in [4.69, 9.17) is 4.74 Å². The van der Waals surface area contributed by atoms with Crippen molar-refractivity contribution in [2.75, 3.05) is 13.2 Å². The van der Waals surface area contributed by atoms with Gasteiger partial charge in [0.25, 0.3) is 11.8 Å². The SMILES string of the molecule is O=C(COC(=O)CCCNC(=O)c1ccc(F)cc1F)NC(Cc1ccccc1)c1ccccc1. The van der Waals surface area contributed by atoms with Crippen LogP contribution in [0, 0.1) is 11.6 Å². The third kappa shape index (κ3) is 8.33. The Balaban J connectivity index is 1.41. The van der Waals surface area contributed by atoms with Crippen molar-refractivity contribution in [2.24, 2.45) is 0 Å². The summed E-state index contributed by atoms with van der Waals surface area (Å²) in [7, 11) is 0. The molecule has 3 aromatic carbocycles. The number of rotatable bonds is 11. The normalized spacial score (nSPS) is 11.4. The van der Waals surface area contributed by atoms with Crippen LogP contribution in [-0.4, -0.2) is 30.9 Å². The lowest BCUT2D eigenvalue weighted by molar-refractivity contribution is -0.148. The number of halogens is 2. The molecule has 3 rings (SSSR count). The van der Waals surface area contributed by atoms with Crippen LogP contribution in [0.2, 0.25) is 0 Å². The average Bonchev–Trinajstić information content (AvgIpc) is 2.86. The molecule has 1 unspecified atom stereocenters. The molecule has 0 fully saturated rings. The zero-order valence-corrected chi connectivity index (χ0v) is 19.0. The van der Waals surface area contributed by atoms with Crippen LogP contribution >= 0.6 is 0 Å². The highest BCUT2D eigenvalue weighted by Crippen LogP contribution is 2.18. The van der Waals surface area contributed by atoms with Crippen molar-refractivity contribution in [1.82, 2.24) is 10.6 Å². The van der Waals surface area contributed by atoms with E-state index >= 15 is 0 Å². The van der Waals surface area contributed by atoms with Gasteiger partial charge in [-0.15, -0.1) is 0 Å². The van der Waals surface area contributed by atoms with Crippen LogP contribution < -0.4 is 10.6 Å². The van der Waals surface area contributed by atoms with Crippen molar-refractivity contribution in [3.8, 4) is 0 Å². The molecule has 0 aliphatic carbocycles. The van der Waals surface area contributed by atoms with Gasteiger partial charge in [0.15, 0.2) is 6.61 Å². The third-order valence-corrected chi connectivity index (χ3v) is 5.20. The fraction of sp³-hybridized carbons (Fsp3) is 0.222. The van der Waals surface area contributed by atoms with Crippen LogP contribution in [0.5, 0.6) is 0 Å². The molecule has 0 saturated heterocycles. The van der Waals surface area contributed by atoms with Gasteiger partial charge in [-0.1, -0.05) is 60.7 Å². The first-order valence-electron chi connectivity index (χ1n) is 11.2. The number of carbonyl (C=O) groups is 3. The number of hydrogen-bond acceptors (Lipinski definition) is 4. The first kappa shape index (κ1) is 25.6. The lowest BCUT2D eigenvalue weighted by atomic mass is 9.99. The van der Waals surface area contributed by atoms with Crippen molar-refractivity contribution < 1.29 is 27.9 Å². The predicted molar refractivity (Wildman–Crippen MR) is 126 cm³/mol. The Morgan fingerprint density at radius 2 is 1.57 bits per heavy atom. The second-order valence-electron chi connectivity index (χ2n) is 7.86. The summed E-state index contributed by atoms with van der Waals surface area (Å²) in [6.45, 7) is -0.339. The minimum atomic E-state index is -0.964. The largest absolute Gasteiger partial charge is 0.456 e. The predicted octanol–water partition coefficient (Wildman–Crippen LogP) is 4.12. The Morgan fingerprint density at radius 3 is 2.26 bits per heavy atom. The number of esters is 1. The summed E-state index contributed by atoms with van der Waals surface area (Å²) in [6.07, 6.45) is 0.778. The number of carbonyl (C=O) groups excluding carboxylic acids is 3. The summed E-state index contributed by atoms with van der Waals surface area (Å²) in [5, 5.41) is 5.37. The lowest BCUT2D eigenvalue weighted by Crippen LogP contribution is -2.33. The minimum Gasteiger partial charge on any atom is -0.456 e. The summed E-state index contributed by atoms with van der Waals surface area (Å²) in [4.78, 5) is 36.4. The van der Waals surface area contributed by atoms with Crippen molar-refractivity contribution in [3.05, 3.63) is 107 Å². The second-order valence-corrected chi connectivity index (χ2v) is 7.86. The number of ether oxygens (including phenoxy) is 1. The standard InChI is InChI=1S/C27H26F2N2O4/c28-21-13-14-22(23(29)17-21)27(34)30-15-7-12-26(33)35-18-25(32)31-24(20-10-5-2-6-11-20)16-19-8-3-1-4-9-19/h1-6,8-11,13-14,17,24H,7,12,15-16,18H2,(H,30,34)(H,31,32). The zero-order valence-electron chi connectivity index (χ0n) is 19.0. The molecule has 0 heterocycles. The van der Waals surface area contributed by atoms with Gasteiger partial charge in [0.2, 0.25) is 0 Å². The monoisotopic (exact) mass is 480 g/mol. The fourth-order valence-electron chi connectivity index (χ4n) is 3.45. The Kier molecular flexibility index (Phi) is 9.48. The number of hydrogen-bond donors (Lipinski definition) is 2. The maximum Gasteiger partial charge on any atom is 0.306 e. The Bertz CT molecular complexity index is 1140. The maximum atomic E-state index is 13.6. The summed E-state index contributed by atoms with van der Waals surface area (Å²) in [6, 6.07) is 21.6. The average molecular weight is 481 g/mol. The molecule has 0 radical (unpaired) electrons. The van der Waals surface area contributed by atoms with Crippen molar-refractivity contribution >= 4 is 17.8 Å². The summed E-state index contributed by atoms with van der Waals surface area (Å²) in [5.74, 6) is -3.47. The number of amides is 2. The Hall–Kier alpha value is -4.07. The lowest BCUT2D eigenvalue weighted by Gasteiger charge is -2.19. The van der Waals surface area contributed by atoms with E-state index in [2.05, 4.69) is 10.6 Å². The summed E-state index contributed by atoms with van der Waals surface area (Å²) >= 11 is 0. The second kappa shape index (κ2) is 13.0. The maximum absolute atomic E-state index is 13.6. The first-order valence-corrected chi connectivity index (χ1v) is 11.2. The smallest absolute Gasteiger partial charge is 0.306 e. The number of nitrogens with one attached hydrogen (secondary N) is 2.